The Kier molecular flexibility index (Phi) is 7.76. The first-order chi connectivity index (χ1) is 17.9. The summed E-state index contributed by atoms with van der Waals surface area (Å²) in [7, 11) is 0. The van der Waals surface area contributed by atoms with Crippen molar-refractivity contribution in [3.8, 4) is 5.75 Å². The third-order valence-electron chi connectivity index (χ3n) is 7.96. The standard InChI is InChI=1S/C29H36FN3O4/c1-20(34)32-10-6-21(7-11-32)14-24-15-26-28(16-27(24)30)37-13-12-33(29(26)36)19-25(35)18-31-9-8-22-4-2-3-5-23(22)17-31/h2-5,15-16,21,25,35H,6-14,17-19H2,1H3/t25-/m1/s1. The third kappa shape index (κ3) is 5.96. The number of benzene rings is 2. The van der Waals surface area contributed by atoms with E-state index in [0.717, 1.165) is 32.4 Å². The van der Waals surface area contributed by atoms with E-state index in [1.54, 1.807) is 17.9 Å². The molecule has 2 amide bonds. The van der Waals surface area contributed by atoms with Crippen LogP contribution < -0.4 is 4.74 Å². The minimum atomic E-state index is -0.692. The molecule has 1 saturated heterocycles. The predicted molar refractivity (Wildman–Crippen MR) is 138 cm³/mol. The molecule has 8 heteroatoms. The molecule has 0 aromatic heterocycles. The maximum Gasteiger partial charge on any atom is 0.257 e. The lowest BCUT2D eigenvalue weighted by Crippen LogP contribution is -2.44. The van der Waals surface area contributed by atoms with Gasteiger partial charge in [0.15, 0.2) is 0 Å². The molecule has 3 heterocycles. The van der Waals surface area contributed by atoms with E-state index in [2.05, 4.69) is 23.1 Å². The van der Waals surface area contributed by atoms with Crippen LogP contribution >= 0.6 is 0 Å². The van der Waals surface area contributed by atoms with E-state index in [1.165, 1.54) is 17.2 Å². The molecule has 0 unspecified atom stereocenters. The normalized spacial score (nSPS) is 19.6. The summed E-state index contributed by atoms with van der Waals surface area (Å²) in [6, 6.07) is 11.3. The molecule has 2 aromatic rings. The summed E-state index contributed by atoms with van der Waals surface area (Å²) in [6.07, 6.45) is 2.42. The van der Waals surface area contributed by atoms with E-state index in [9.17, 15) is 19.1 Å². The molecule has 0 radical (unpaired) electrons. The summed E-state index contributed by atoms with van der Waals surface area (Å²) in [5.41, 5.74) is 3.51. The van der Waals surface area contributed by atoms with Gasteiger partial charge in [-0.25, -0.2) is 4.39 Å². The number of fused-ring (bicyclic) bond motifs is 2. The van der Waals surface area contributed by atoms with Crippen molar-refractivity contribution in [1.29, 1.82) is 0 Å². The van der Waals surface area contributed by atoms with Crippen LogP contribution in [0.25, 0.3) is 0 Å². The average Bonchev–Trinajstić information content (AvgIpc) is 3.03. The highest BCUT2D eigenvalue weighted by Gasteiger charge is 2.29. The fourth-order valence-corrected chi connectivity index (χ4v) is 5.84. The molecular formula is C29H36FN3O4. The Morgan fingerprint density at radius 1 is 1.11 bits per heavy atom. The molecule has 0 saturated carbocycles. The summed E-state index contributed by atoms with van der Waals surface area (Å²) in [5, 5.41) is 10.9. The van der Waals surface area contributed by atoms with E-state index in [1.807, 2.05) is 11.0 Å². The number of carbonyl (C=O) groups excluding carboxylic acids is 2. The van der Waals surface area contributed by atoms with Gasteiger partial charge in [0.1, 0.15) is 18.2 Å². The van der Waals surface area contributed by atoms with Gasteiger partial charge in [-0.2, -0.15) is 0 Å². The zero-order chi connectivity index (χ0) is 25.9. The second-order valence-electron chi connectivity index (χ2n) is 10.6. The van der Waals surface area contributed by atoms with E-state index in [-0.39, 0.29) is 42.5 Å². The van der Waals surface area contributed by atoms with Crippen LogP contribution in [0, 0.1) is 11.7 Å². The minimum absolute atomic E-state index is 0.0739. The summed E-state index contributed by atoms with van der Waals surface area (Å²) < 4.78 is 20.7. The Bertz CT molecular complexity index is 1150. The SMILES string of the molecule is CC(=O)N1CCC(Cc2cc3c(cc2F)OCCN(C[C@H](O)CN2CCc4ccccc4C2)C3=O)CC1. The van der Waals surface area contributed by atoms with Gasteiger partial charge >= 0.3 is 0 Å². The number of carbonyl (C=O) groups is 2. The lowest BCUT2D eigenvalue weighted by atomic mass is 9.89. The Labute approximate surface area is 217 Å². The van der Waals surface area contributed by atoms with Crippen LogP contribution in [0.3, 0.4) is 0 Å². The fraction of sp³-hybridized carbons (Fsp3) is 0.517. The maximum absolute atomic E-state index is 15.0. The highest BCUT2D eigenvalue weighted by Crippen LogP contribution is 2.30. The summed E-state index contributed by atoms with van der Waals surface area (Å²) >= 11 is 0. The molecule has 1 atom stereocenters. The first-order valence-electron chi connectivity index (χ1n) is 13.3. The number of ether oxygens (including phenoxy) is 1. The number of likely N-dealkylation sites (tertiary alicyclic amines) is 1. The molecule has 1 fully saturated rings. The number of amides is 2. The average molecular weight is 510 g/mol. The van der Waals surface area contributed by atoms with Crippen molar-refractivity contribution in [2.45, 2.75) is 45.3 Å². The van der Waals surface area contributed by atoms with Gasteiger partial charge < -0.3 is 19.6 Å². The van der Waals surface area contributed by atoms with Gasteiger partial charge in [-0.1, -0.05) is 24.3 Å². The van der Waals surface area contributed by atoms with Gasteiger partial charge in [-0.3, -0.25) is 14.5 Å². The Balaban J connectivity index is 1.22. The molecule has 0 spiro atoms. The van der Waals surface area contributed by atoms with Crippen LogP contribution in [0.15, 0.2) is 36.4 Å². The number of hydrogen-bond donors (Lipinski definition) is 1. The Morgan fingerprint density at radius 2 is 1.86 bits per heavy atom. The number of aliphatic hydroxyl groups excluding tert-OH is 1. The lowest BCUT2D eigenvalue weighted by Gasteiger charge is -2.32. The molecule has 2 aromatic carbocycles. The number of hydrogen-bond acceptors (Lipinski definition) is 5. The predicted octanol–water partition coefficient (Wildman–Crippen LogP) is 2.88. The number of aliphatic hydroxyl groups is 1. The second-order valence-corrected chi connectivity index (χ2v) is 10.6. The maximum atomic E-state index is 15.0. The molecule has 1 N–H and O–H groups in total. The van der Waals surface area contributed by atoms with Crippen molar-refractivity contribution in [3.05, 3.63) is 64.5 Å². The molecule has 7 nitrogen and oxygen atoms in total. The molecule has 3 aliphatic rings. The van der Waals surface area contributed by atoms with Gasteiger partial charge in [-0.05, 0) is 54.4 Å². The monoisotopic (exact) mass is 509 g/mol. The van der Waals surface area contributed by atoms with Crippen molar-refractivity contribution < 1.29 is 23.8 Å². The number of halogens is 1. The first kappa shape index (κ1) is 25.7. The van der Waals surface area contributed by atoms with Crippen molar-refractivity contribution in [2.75, 3.05) is 45.9 Å². The van der Waals surface area contributed by atoms with Crippen LogP contribution in [0.1, 0.15) is 46.8 Å². The van der Waals surface area contributed by atoms with Crippen LogP contribution in [0.5, 0.6) is 5.75 Å². The van der Waals surface area contributed by atoms with Crippen molar-refractivity contribution >= 4 is 11.8 Å². The molecule has 198 valence electrons. The molecule has 0 bridgehead atoms. The molecule has 0 aliphatic carbocycles. The molecular weight excluding hydrogens is 473 g/mol. The highest BCUT2D eigenvalue weighted by atomic mass is 19.1. The minimum Gasteiger partial charge on any atom is -0.491 e. The van der Waals surface area contributed by atoms with E-state index >= 15 is 0 Å². The number of nitrogens with zero attached hydrogens (tertiary/aromatic N) is 3. The molecule has 5 rings (SSSR count). The summed E-state index contributed by atoms with van der Waals surface area (Å²) in [4.78, 5) is 30.7. The highest BCUT2D eigenvalue weighted by molar-refractivity contribution is 5.97. The lowest BCUT2D eigenvalue weighted by molar-refractivity contribution is -0.130. The topological polar surface area (TPSA) is 73.3 Å². The zero-order valence-electron chi connectivity index (χ0n) is 21.5. The molecule has 37 heavy (non-hydrogen) atoms. The van der Waals surface area contributed by atoms with E-state index in [0.29, 0.717) is 43.7 Å². The van der Waals surface area contributed by atoms with Gasteiger partial charge in [0.25, 0.3) is 5.91 Å². The number of β-amino-alcohol motifs (C(OH)–C–C–N with tert-alkyl or cyclic N) is 1. The van der Waals surface area contributed by atoms with E-state index < -0.39 is 6.10 Å². The summed E-state index contributed by atoms with van der Waals surface area (Å²) in [5.74, 6) is 0.00668. The fourth-order valence-electron chi connectivity index (χ4n) is 5.84. The van der Waals surface area contributed by atoms with E-state index in [4.69, 9.17) is 4.74 Å². The smallest absolute Gasteiger partial charge is 0.257 e. The van der Waals surface area contributed by atoms with Crippen molar-refractivity contribution in [3.63, 3.8) is 0 Å². The van der Waals surface area contributed by atoms with Crippen molar-refractivity contribution in [1.82, 2.24) is 14.7 Å². The molecule has 3 aliphatic heterocycles. The largest absolute Gasteiger partial charge is 0.491 e. The second kappa shape index (κ2) is 11.2. The van der Waals surface area contributed by atoms with Crippen LogP contribution in [0.4, 0.5) is 4.39 Å². The Morgan fingerprint density at radius 3 is 2.62 bits per heavy atom. The van der Waals surface area contributed by atoms with Gasteiger partial charge in [-0.15, -0.1) is 0 Å². The third-order valence-corrected chi connectivity index (χ3v) is 7.96. The number of rotatable bonds is 6. The Hall–Kier alpha value is -2.97. The van der Waals surface area contributed by atoms with Gasteiger partial charge in [0.2, 0.25) is 5.91 Å². The summed E-state index contributed by atoms with van der Waals surface area (Å²) in [6.45, 7) is 5.90. The first-order valence-corrected chi connectivity index (χ1v) is 13.3. The number of piperidine rings is 1. The van der Waals surface area contributed by atoms with Crippen molar-refractivity contribution in [2.24, 2.45) is 5.92 Å². The van der Waals surface area contributed by atoms with Crippen LogP contribution in [-0.2, 0) is 24.2 Å². The van der Waals surface area contributed by atoms with Crippen LogP contribution in [-0.4, -0.2) is 83.6 Å². The van der Waals surface area contributed by atoms with Crippen LogP contribution in [0.2, 0.25) is 0 Å². The van der Waals surface area contributed by atoms with Gasteiger partial charge in [0.05, 0.1) is 18.2 Å². The van der Waals surface area contributed by atoms with Gasteiger partial charge in [0, 0.05) is 52.3 Å². The zero-order valence-corrected chi connectivity index (χ0v) is 21.5. The quantitative estimate of drug-likeness (QED) is 0.649.